The van der Waals surface area contributed by atoms with E-state index in [0.717, 1.165) is 22.6 Å². The van der Waals surface area contributed by atoms with Crippen molar-refractivity contribution < 1.29 is 14.6 Å². The second kappa shape index (κ2) is 7.86. The number of carbonyl (C=O) groups excluding carboxylic acids is 1. The van der Waals surface area contributed by atoms with Crippen molar-refractivity contribution in [2.75, 3.05) is 6.61 Å². The zero-order valence-electron chi connectivity index (χ0n) is 16.0. The summed E-state index contributed by atoms with van der Waals surface area (Å²) in [6, 6.07) is 7.30. The number of aromatic nitrogens is 1. The first-order valence-electron chi connectivity index (χ1n) is 8.77. The molecule has 1 N–H and O–H groups in total. The van der Waals surface area contributed by atoms with E-state index in [1.165, 1.54) is 0 Å². The lowest BCUT2D eigenvalue weighted by Gasteiger charge is -2.12. The van der Waals surface area contributed by atoms with Crippen molar-refractivity contribution in [1.29, 1.82) is 0 Å². The van der Waals surface area contributed by atoms with E-state index in [1.54, 1.807) is 32.1 Å². The number of benzene rings is 1. The van der Waals surface area contributed by atoms with Crippen molar-refractivity contribution in [3.8, 4) is 5.69 Å². The number of rotatable bonds is 4. The number of aliphatic imine (C=N–C) groups is 1. The van der Waals surface area contributed by atoms with Crippen LogP contribution in [0, 0.1) is 13.8 Å². The highest BCUT2D eigenvalue weighted by atomic mass is 35.5. The first-order chi connectivity index (χ1) is 13.2. The SMILES string of the molecule is CCOC(=O)C1=C(O)C(=Cc2cc(C)n(-c3ccc(Cl)cc3Cl)c2C)N=C1C. The van der Waals surface area contributed by atoms with E-state index in [0.29, 0.717) is 21.5 Å². The minimum Gasteiger partial charge on any atom is -0.505 e. The highest BCUT2D eigenvalue weighted by Gasteiger charge is 2.28. The number of carbonyl (C=O) groups is 1. The third-order valence-corrected chi connectivity index (χ3v) is 5.06. The molecule has 0 bridgehead atoms. The van der Waals surface area contributed by atoms with Gasteiger partial charge in [-0.3, -0.25) is 0 Å². The van der Waals surface area contributed by atoms with Crippen LogP contribution in [0.4, 0.5) is 0 Å². The van der Waals surface area contributed by atoms with Crippen LogP contribution in [-0.4, -0.2) is 28.0 Å². The summed E-state index contributed by atoms with van der Waals surface area (Å²) in [7, 11) is 0. The Bertz CT molecular complexity index is 1060. The topological polar surface area (TPSA) is 63.8 Å². The number of aryl methyl sites for hydroxylation is 1. The average molecular weight is 419 g/mol. The van der Waals surface area contributed by atoms with E-state index in [-0.39, 0.29) is 17.9 Å². The molecule has 0 fully saturated rings. The van der Waals surface area contributed by atoms with Gasteiger partial charge in [-0.15, -0.1) is 0 Å². The molecule has 2 aromatic rings. The summed E-state index contributed by atoms with van der Waals surface area (Å²) >= 11 is 12.4. The van der Waals surface area contributed by atoms with Gasteiger partial charge in [-0.05, 0) is 63.6 Å². The van der Waals surface area contributed by atoms with Crippen molar-refractivity contribution in [2.24, 2.45) is 4.99 Å². The van der Waals surface area contributed by atoms with E-state index in [1.807, 2.05) is 30.5 Å². The van der Waals surface area contributed by atoms with Gasteiger partial charge in [0.1, 0.15) is 11.3 Å². The number of halogens is 2. The molecular weight excluding hydrogens is 399 g/mol. The van der Waals surface area contributed by atoms with E-state index >= 15 is 0 Å². The molecule has 0 saturated heterocycles. The number of ether oxygens (including phenoxy) is 1. The zero-order chi connectivity index (χ0) is 20.6. The fourth-order valence-corrected chi connectivity index (χ4v) is 3.74. The second-order valence-corrected chi connectivity index (χ2v) is 7.27. The van der Waals surface area contributed by atoms with Gasteiger partial charge in [-0.25, -0.2) is 9.79 Å². The molecule has 2 heterocycles. The van der Waals surface area contributed by atoms with Gasteiger partial charge in [-0.1, -0.05) is 23.2 Å². The number of hydrogen-bond acceptors (Lipinski definition) is 4. The standard InChI is InChI=1S/C21H20Cl2N2O3/c1-5-28-21(27)19-12(3)24-17(20(19)26)9-14-8-11(2)25(13(14)4)18-7-6-15(22)10-16(18)23/h6-10,26H,5H2,1-4H3. The van der Waals surface area contributed by atoms with Crippen molar-refractivity contribution in [1.82, 2.24) is 4.57 Å². The van der Waals surface area contributed by atoms with E-state index < -0.39 is 5.97 Å². The zero-order valence-corrected chi connectivity index (χ0v) is 17.5. The lowest BCUT2D eigenvalue weighted by atomic mass is 10.1. The first kappa shape index (κ1) is 20.2. The van der Waals surface area contributed by atoms with E-state index in [9.17, 15) is 9.90 Å². The lowest BCUT2D eigenvalue weighted by Crippen LogP contribution is -2.13. The fourth-order valence-electron chi connectivity index (χ4n) is 3.25. The van der Waals surface area contributed by atoms with Gasteiger partial charge in [0.2, 0.25) is 0 Å². The van der Waals surface area contributed by atoms with Crippen LogP contribution in [0.25, 0.3) is 11.8 Å². The Hall–Kier alpha value is -2.50. The normalized spacial score (nSPS) is 15.4. The summed E-state index contributed by atoms with van der Waals surface area (Å²) < 4.78 is 7.00. The number of esters is 1. The highest BCUT2D eigenvalue weighted by Crippen LogP contribution is 2.32. The van der Waals surface area contributed by atoms with E-state index in [4.69, 9.17) is 27.9 Å². The molecule has 0 saturated carbocycles. The average Bonchev–Trinajstić information content (AvgIpc) is 3.04. The van der Waals surface area contributed by atoms with Crippen LogP contribution < -0.4 is 0 Å². The van der Waals surface area contributed by atoms with Crippen molar-refractivity contribution in [3.63, 3.8) is 0 Å². The maximum absolute atomic E-state index is 12.1. The minimum absolute atomic E-state index is 0.0997. The molecule has 0 atom stereocenters. The van der Waals surface area contributed by atoms with Gasteiger partial charge >= 0.3 is 5.97 Å². The number of aliphatic hydroxyl groups excluding tert-OH is 1. The van der Waals surface area contributed by atoms with Gasteiger partial charge in [0.15, 0.2) is 5.76 Å². The maximum atomic E-state index is 12.1. The van der Waals surface area contributed by atoms with Gasteiger partial charge < -0.3 is 14.4 Å². The molecule has 1 aliphatic rings. The first-order valence-corrected chi connectivity index (χ1v) is 9.52. The summed E-state index contributed by atoms with van der Waals surface area (Å²) in [5.74, 6) is -0.756. The third kappa shape index (κ3) is 3.60. The van der Waals surface area contributed by atoms with Crippen LogP contribution in [-0.2, 0) is 9.53 Å². The lowest BCUT2D eigenvalue weighted by molar-refractivity contribution is -0.138. The van der Waals surface area contributed by atoms with E-state index in [2.05, 4.69) is 4.99 Å². The Kier molecular flexibility index (Phi) is 5.68. The molecule has 5 nitrogen and oxygen atoms in total. The number of nitrogens with zero attached hydrogens (tertiary/aromatic N) is 2. The molecule has 1 aromatic heterocycles. The quantitative estimate of drug-likeness (QED) is 0.657. The largest absolute Gasteiger partial charge is 0.505 e. The molecule has 0 spiro atoms. The molecule has 0 aliphatic carbocycles. The molecule has 3 rings (SSSR count). The summed E-state index contributed by atoms with van der Waals surface area (Å²) in [5.41, 5.74) is 4.39. The van der Waals surface area contributed by atoms with Gasteiger partial charge in [0.25, 0.3) is 0 Å². The van der Waals surface area contributed by atoms with Crippen LogP contribution in [0.2, 0.25) is 10.0 Å². The van der Waals surface area contributed by atoms with Gasteiger partial charge in [0, 0.05) is 16.4 Å². The summed E-state index contributed by atoms with van der Waals surface area (Å²) in [4.78, 5) is 16.4. The maximum Gasteiger partial charge on any atom is 0.343 e. The molecule has 28 heavy (non-hydrogen) atoms. The molecule has 1 aromatic carbocycles. The molecule has 146 valence electrons. The predicted octanol–water partition coefficient (Wildman–Crippen LogP) is 5.59. The van der Waals surface area contributed by atoms with Crippen molar-refractivity contribution >= 4 is 41.0 Å². The van der Waals surface area contributed by atoms with Crippen LogP contribution in [0.15, 0.2) is 46.3 Å². The Morgan fingerprint density at radius 2 is 1.96 bits per heavy atom. The third-order valence-electron chi connectivity index (χ3n) is 4.52. The van der Waals surface area contributed by atoms with Crippen molar-refractivity contribution in [3.05, 3.63) is 68.3 Å². The Morgan fingerprint density at radius 1 is 1.25 bits per heavy atom. The number of hydrogen-bond donors (Lipinski definition) is 1. The molecule has 0 unspecified atom stereocenters. The van der Waals surface area contributed by atoms with Crippen LogP contribution in [0.1, 0.15) is 30.8 Å². The Balaban J connectivity index is 2.06. The predicted molar refractivity (Wildman–Crippen MR) is 113 cm³/mol. The summed E-state index contributed by atoms with van der Waals surface area (Å²) in [5, 5.41) is 11.6. The Labute approximate surface area is 173 Å². The molecule has 1 aliphatic heterocycles. The minimum atomic E-state index is -0.580. The molecule has 0 radical (unpaired) electrons. The molecule has 0 amide bonds. The Morgan fingerprint density at radius 3 is 2.61 bits per heavy atom. The van der Waals surface area contributed by atoms with Gasteiger partial charge in [0.05, 0.1) is 23.0 Å². The van der Waals surface area contributed by atoms with Crippen LogP contribution in [0.5, 0.6) is 0 Å². The van der Waals surface area contributed by atoms with Crippen molar-refractivity contribution in [2.45, 2.75) is 27.7 Å². The number of aliphatic hydroxyl groups is 1. The monoisotopic (exact) mass is 418 g/mol. The highest BCUT2D eigenvalue weighted by molar-refractivity contribution is 6.35. The van der Waals surface area contributed by atoms with Gasteiger partial charge in [-0.2, -0.15) is 0 Å². The summed E-state index contributed by atoms with van der Waals surface area (Å²) in [6.45, 7) is 7.52. The second-order valence-electron chi connectivity index (χ2n) is 6.43. The molecule has 7 heteroatoms. The van der Waals surface area contributed by atoms with Crippen LogP contribution >= 0.6 is 23.2 Å². The molecular formula is C21H20Cl2N2O3. The smallest absolute Gasteiger partial charge is 0.343 e. The van der Waals surface area contributed by atoms with Crippen LogP contribution in [0.3, 0.4) is 0 Å². The summed E-state index contributed by atoms with van der Waals surface area (Å²) in [6.07, 6.45) is 1.74. The fraction of sp³-hybridized carbons (Fsp3) is 0.238.